The van der Waals surface area contributed by atoms with Crippen LogP contribution in [0.4, 0.5) is 0 Å². The molecule has 5 heteroatoms. The van der Waals surface area contributed by atoms with E-state index < -0.39 is 0 Å². The molecule has 0 saturated heterocycles. The number of halogens is 1. The van der Waals surface area contributed by atoms with Crippen molar-refractivity contribution >= 4 is 29.9 Å². The molecule has 0 saturated carbocycles. The molecule has 4 nitrogen and oxygen atoms in total. The number of ether oxygens (including phenoxy) is 1. The van der Waals surface area contributed by atoms with Crippen LogP contribution in [0.3, 0.4) is 0 Å². The van der Waals surface area contributed by atoms with Gasteiger partial charge in [0.25, 0.3) is 0 Å². The summed E-state index contributed by atoms with van der Waals surface area (Å²) in [5.74, 6) is 0.859. The molecule has 1 rings (SSSR count). The third-order valence-corrected chi connectivity index (χ3v) is 2.42. The van der Waals surface area contributed by atoms with Crippen molar-refractivity contribution in [2.75, 3.05) is 26.8 Å². The SMILES string of the molecule is CCNC(=NCc1ccccc1)NCCCOC.I. The smallest absolute Gasteiger partial charge is 0.191 e. The molecule has 0 unspecified atom stereocenters. The van der Waals surface area contributed by atoms with E-state index in [0.717, 1.165) is 32.1 Å². The summed E-state index contributed by atoms with van der Waals surface area (Å²) in [6.07, 6.45) is 0.978. The fraction of sp³-hybridized carbons (Fsp3) is 0.500. The van der Waals surface area contributed by atoms with Gasteiger partial charge in [0.1, 0.15) is 0 Å². The van der Waals surface area contributed by atoms with E-state index in [0.29, 0.717) is 6.54 Å². The summed E-state index contributed by atoms with van der Waals surface area (Å²) < 4.78 is 5.01. The van der Waals surface area contributed by atoms with Gasteiger partial charge in [-0.25, -0.2) is 4.99 Å². The fourth-order valence-corrected chi connectivity index (χ4v) is 1.52. The van der Waals surface area contributed by atoms with Crippen molar-refractivity contribution < 1.29 is 4.74 Å². The first kappa shape index (κ1) is 18.2. The number of guanidine groups is 1. The molecule has 0 aliphatic heterocycles. The maximum atomic E-state index is 5.01. The van der Waals surface area contributed by atoms with Gasteiger partial charge < -0.3 is 15.4 Å². The molecule has 0 fully saturated rings. The Hall–Kier alpha value is -0.820. The first-order chi connectivity index (χ1) is 8.86. The Labute approximate surface area is 133 Å². The minimum atomic E-state index is 0. The van der Waals surface area contributed by atoms with Gasteiger partial charge in [-0.05, 0) is 18.9 Å². The standard InChI is InChI=1S/C14H23N3O.HI/c1-3-15-14(16-10-7-11-18-2)17-12-13-8-5-4-6-9-13;/h4-6,8-9H,3,7,10-12H2,1-2H3,(H2,15,16,17);1H. The number of hydrogen-bond acceptors (Lipinski definition) is 2. The second-order valence-electron chi connectivity index (χ2n) is 3.95. The number of aliphatic imine (C=N–C) groups is 1. The van der Waals surface area contributed by atoms with Crippen molar-refractivity contribution in [3.63, 3.8) is 0 Å². The van der Waals surface area contributed by atoms with Crippen LogP contribution in [0.1, 0.15) is 18.9 Å². The third kappa shape index (κ3) is 8.83. The topological polar surface area (TPSA) is 45.7 Å². The molecule has 0 spiro atoms. The molecular formula is C14H24IN3O. The summed E-state index contributed by atoms with van der Waals surface area (Å²) in [5, 5.41) is 6.51. The minimum Gasteiger partial charge on any atom is -0.385 e. The largest absolute Gasteiger partial charge is 0.385 e. The molecule has 0 aliphatic carbocycles. The van der Waals surface area contributed by atoms with Crippen LogP contribution in [-0.2, 0) is 11.3 Å². The minimum absolute atomic E-state index is 0. The van der Waals surface area contributed by atoms with Gasteiger partial charge in [-0.15, -0.1) is 24.0 Å². The Morgan fingerprint density at radius 2 is 1.95 bits per heavy atom. The van der Waals surface area contributed by atoms with Crippen LogP contribution in [0.2, 0.25) is 0 Å². The van der Waals surface area contributed by atoms with Crippen LogP contribution in [0.5, 0.6) is 0 Å². The Morgan fingerprint density at radius 3 is 2.58 bits per heavy atom. The Morgan fingerprint density at radius 1 is 1.21 bits per heavy atom. The number of benzene rings is 1. The lowest BCUT2D eigenvalue weighted by atomic mass is 10.2. The third-order valence-electron chi connectivity index (χ3n) is 2.42. The van der Waals surface area contributed by atoms with Crippen molar-refractivity contribution in [2.24, 2.45) is 4.99 Å². The van der Waals surface area contributed by atoms with Crippen molar-refractivity contribution in [1.82, 2.24) is 10.6 Å². The van der Waals surface area contributed by atoms with Crippen molar-refractivity contribution in [1.29, 1.82) is 0 Å². The Balaban J connectivity index is 0.00000324. The maximum absolute atomic E-state index is 5.01. The monoisotopic (exact) mass is 377 g/mol. The molecule has 1 aromatic carbocycles. The molecule has 108 valence electrons. The Kier molecular flexibility index (Phi) is 11.7. The molecule has 1 aromatic rings. The van der Waals surface area contributed by atoms with E-state index in [1.807, 2.05) is 18.2 Å². The lowest BCUT2D eigenvalue weighted by Gasteiger charge is -2.10. The van der Waals surface area contributed by atoms with Gasteiger partial charge in [0.2, 0.25) is 0 Å². The molecule has 2 N–H and O–H groups in total. The predicted octanol–water partition coefficient (Wildman–Crippen LogP) is 2.40. The van der Waals surface area contributed by atoms with E-state index >= 15 is 0 Å². The van der Waals surface area contributed by atoms with Crippen molar-refractivity contribution in [2.45, 2.75) is 19.9 Å². The van der Waals surface area contributed by atoms with Gasteiger partial charge >= 0.3 is 0 Å². The lowest BCUT2D eigenvalue weighted by Crippen LogP contribution is -2.38. The molecule has 0 bridgehead atoms. The first-order valence-electron chi connectivity index (χ1n) is 6.42. The lowest BCUT2D eigenvalue weighted by molar-refractivity contribution is 0.195. The molecule has 0 aliphatic rings. The average Bonchev–Trinajstić information content (AvgIpc) is 2.42. The first-order valence-corrected chi connectivity index (χ1v) is 6.42. The summed E-state index contributed by atoms with van der Waals surface area (Å²) >= 11 is 0. The second kappa shape index (κ2) is 12.2. The zero-order valence-electron chi connectivity index (χ0n) is 11.7. The normalized spacial score (nSPS) is 10.7. The molecule has 0 aromatic heterocycles. The van der Waals surface area contributed by atoms with Gasteiger partial charge in [0.05, 0.1) is 6.54 Å². The van der Waals surface area contributed by atoms with Gasteiger partial charge in [0.15, 0.2) is 5.96 Å². The van der Waals surface area contributed by atoms with Crippen molar-refractivity contribution in [3.8, 4) is 0 Å². The summed E-state index contributed by atoms with van der Waals surface area (Å²) in [7, 11) is 1.72. The van der Waals surface area contributed by atoms with E-state index in [9.17, 15) is 0 Å². The van der Waals surface area contributed by atoms with Crippen LogP contribution in [0.25, 0.3) is 0 Å². The maximum Gasteiger partial charge on any atom is 0.191 e. The number of nitrogens with one attached hydrogen (secondary N) is 2. The molecule has 0 heterocycles. The molecule has 0 atom stereocenters. The molecule has 0 amide bonds. The highest BCUT2D eigenvalue weighted by molar-refractivity contribution is 14.0. The van der Waals surface area contributed by atoms with E-state index in [1.54, 1.807) is 7.11 Å². The summed E-state index contributed by atoms with van der Waals surface area (Å²) in [5.41, 5.74) is 1.21. The van der Waals surface area contributed by atoms with Gasteiger partial charge in [-0.1, -0.05) is 30.3 Å². The quantitative estimate of drug-likeness (QED) is 0.332. The highest BCUT2D eigenvalue weighted by atomic mass is 127. The zero-order chi connectivity index (χ0) is 13.1. The molecule has 0 radical (unpaired) electrons. The summed E-state index contributed by atoms with van der Waals surface area (Å²) in [6, 6.07) is 10.2. The predicted molar refractivity (Wildman–Crippen MR) is 91.2 cm³/mol. The molecule has 19 heavy (non-hydrogen) atoms. The van der Waals surface area contributed by atoms with E-state index in [4.69, 9.17) is 4.74 Å². The number of hydrogen-bond donors (Lipinski definition) is 2. The van der Waals surface area contributed by atoms with Crippen LogP contribution in [0, 0.1) is 0 Å². The second-order valence-corrected chi connectivity index (χ2v) is 3.95. The van der Waals surface area contributed by atoms with Gasteiger partial charge in [-0.2, -0.15) is 0 Å². The highest BCUT2D eigenvalue weighted by Gasteiger charge is 1.96. The van der Waals surface area contributed by atoms with E-state index in [1.165, 1.54) is 5.56 Å². The number of methoxy groups -OCH3 is 1. The van der Waals surface area contributed by atoms with Gasteiger partial charge in [-0.3, -0.25) is 0 Å². The van der Waals surface area contributed by atoms with Crippen LogP contribution < -0.4 is 10.6 Å². The summed E-state index contributed by atoms with van der Waals surface area (Å²) in [4.78, 5) is 4.53. The zero-order valence-corrected chi connectivity index (χ0v) is 14.0. The van der Waals surface area contributed by atoms with E-state index in [2.05, 4.69) is 34.7 Å². The Bertz CT molecular complexity index is 344. The summed E-state index contributed by atoms with van der Waals surface area (Å²) in [6.45, 7) is 5.26. The van der Waals surface area contributed by atoms with E-state index in [-0.39, 0.29) is 24.0 Å². The van der Waals surface area contributed by atoms with Crippen LogP contribution in [-0.4, -0.2) is 32.8 Å². The van der Waals surface area contributed by atoms with Crippen LogP contribution >= 0.6 is 24.0 Å². The highest BCUT2D eigenvalue weighted by Crippen LogP contribution is 1.99. The van der Waals surface area contributed by atoms with Gasteiger partial charge in [0, 0.05) is 26.8 Å². The number of rotatable bonds is 7. The fourth-order valence-electron chi connectivity index (χ4n) is 1.52. The van der Waals surface area contributed by atoms with Crippen LogP contribution in [0.15, 0.2) is 35.3 Å². The number of nitrogens with zero attached hydrogens (tertiary/aromatic N) is 1. The van der Waals surface area contributed by atoms with Crippen molar-refractivity contribution in [3.05, 3.63) is 35.9 Å². The molecular weight excluding hydrogens is 353 g/mol. The average molecular weight is 377 g/mol.